The number of hydrogen-bond acceptors (Lipinski definition) is 7. The molecule has 3 aliphatic heterocycles. The maximum absolute atomic E-state index is 5.36. The normalized spacial score (nSPS) is 16.2. The summed E-state index contributed by atoms with van der Waals surface area (Å²) in [6, 6.07) is 51.4. The van der Waals surface area contributed by atoms with Gasteiger partial charge in [-0.25, -0.2) is 0 Å². The molecule has 0 unspecified atom stereocenters. The molecule has 0 amide bonds. The Morgan fingerprint density at radius 2 is 0.831 bits per heavy atom. The third-order valence-corrected chi connectivity index (χ3v) is 11.4. The zero-order valence-electron chi connectivity index (χ0n) is 33.9. The highest BCUT2D eigenvalue weighted by atomic mass is 15.2. The van der Waals surface area contributed by atoms with Crippen LogP contribution in [0, 0.1) is 0 Å². The van der Waals surface area contributed by atoms with Gasteiger partial charge in [-0.2, -0.15) is 0 Å². The molecule has 0 spiro atoms. The molecule has 11 rings (SSSR count). The summed E-state index contributed by atoms with van der Waals surface area (Å²) in [6.07, 6.45) is 0. The predicted octanol–water partition coefficient (Wildman–Crippen LogP) is 8.55. The highest BCUT2D eigenvalue weighted by molar-refractivity contribution is 6.09. The molecule has 8 nitrogen and oxygen atoms in total. The first-order chi connectivity index (χ1) is 28.4. The summed E-state index contributed by atoms with van der Waals surface area (Å²) in [4.78, 5) is 33.6. The quantitative estimate of drug-likeness (QED) is 0.167. The summed E-state index contributed by atoms with van der Waals surface area (Å²) in [5, 5.41) is 7.56. The molecule has 0 bridgehead atoms. The number of nitrogens with zero attached hydrogens (tertiary/aromatic N) is 8. The van der Waals surface area contributed by atoms with Crippen LogP contribution in [-0.2, 0) is 0 Å². The summed E-state index contributed by atoms with van der Waals surface area (Å²) in [5.74, 6) is 0. The largest absolute Gasteiger partial charge is 0.309 e. The first kappa shape index (κ1) is 35.1. The number of hydrogen-bond donors (Lipinski definition) is 0. The Labute approximate surface area is 341 Å². The number of rotatable bonds is 6. The standard InChI is InChI=1S/C51H42N8/c1-49(2)52-38-19-14-22-41(46(38)55-49)59(42-29-27-34(31-15-8-7-9-16-31)44-47(42)56-50(3,4)53-44)43-30-28-35(45-48(43)57-51(5,6)54-45)32-23-25-33(26-24-32)58-39-20-12-10-17-36(39)37-18-11-13-21-40(37)58/h7-30H,1-6H3. The van der Waals surface area contributed by atoms with E-state index in [1.807, 2.05) is 26.0 Å². The van der Waals surface area contributed by atoms with Gasteiger partial charge in [0.25, 0.3) is 0 Å². The Morgan fingerprint density at radius 1 is 0.373 bits per heavy atom. The van der Waals surface area contributed by atoms with Crippen molar-refractivity contribution >= 4 is 38.9 Å². The van der Waals surface area contributed by atoms with Gasteiger partial charge < -0.3 is 9.47 Å². The van der Waals surface area contributed by atoms with E-state index < -0.39 is 17.0 Å². The molecule has 8 heteroatoms. The number of anilines is 3. The fraction of sp³-hybridized carbons (Fsp3) is 0.176. The van der Waals surface area contributed by atoms with Crippen molar-refractivity contribution in [1.29, 1.82) is 0 Å². The van der Waals surface area contributed by atoms with Gasteiger partial charge in [0.2, 0.25) is 0 Å². The third kappa shape index (κ3) is 5.65. The summed E-state index contributed by atoms with van der Waals surface area (Å²) in [7, 11) is 0. The van der Waals surface area contributed by atoms with Crippen LogP contribution in [0.1, 0.15) is 41.5 Å². The maximum atomic E-state index is 5.36. The second-order valence-corrected chi connectivity index (χ2v) is 17.1. The lowest BCUT2D eigenvalue weighted by molar-refractivity contribution is 0.549. The number of fused-ring (bicyclic) bond motifs is 6. The van der Waals surface area contributed by atoms with Crippen molar-refractivity contribution in [3.05, 3.63) is 178 Å². The van der Waals surface area contributed by atoms with Crippen molar-refractivity contribution in [2.24, 2.45) is 30.0 Å². The minimum Gasteiger partial charge on any atom is -0.309 e. The lowest BCUT2D eigenvalue weighted by Gasteiger charge is -2.26. The molecule has 0 saturated carbocycles. The highest BCUT2D eigenvalue weighted by Gasteiger charge is 2.31. The third-order valence-electron chi connectivity index (χ3n) is 11.4. The van der Waals surface area contributed by atoms with Crippen LogP contribution in [0.25, 0.3) is 49.7 Å². The average Bonchev–Trinajstić information content (AvgIpc) is 3.94. The van der Waals surface area contributed by atoms with Crippen LogP contribution in [0.4, 0.5) is 17.1 Å². The monoisotopic (exact) mass is 766 g/mol. The van der Waals surface area contributed by atoms with Crippen molar-refractivity contribution in [3.8, 4) is 27.9 Å². The molecule has 59 heavy (non-hydrogen) atoms. The number of benzene rings is 7. The molecule has 286 valence electrons. The average molecular weight is 767 g/mol. The number of aromatic nitrogens is 1. The van der Waals surface area contributed by atoms with Gasteiger partial charge in [0, 0.05) is 27.6 Å². The zero-order chi connectivity index (χ0) is 40.3. The molecule has 3 aliphatic rings. The SMILES string of the molecule is CC1(C)N=c2cccc(N(c3ccc(-c4ccccc4)c4c3=NC(C)(C)N=4)c3ccc(-c4ccc(-n5c6ccccc6c6ccccc65)cc4)c4c3=NC(C)(C)N=4)c2=N1. The van der Waals surface area contributed by atoms with E-state index in [9.17, 15) is 0 Å². The van der Waals surface area contributed by atoms with Crippen molar-refractivity contribution in [2.75, 3.05) is 4.90 Å². The van der Waals surface area contributed by atoms with Crippen LogP contribution in [0.5, 0.6) is 0 Å². The minimum atomic E-state index is -0.678. The lowest BCUT2D eigenvalue weighted by atomic mass is 10.0. The Bertz CT molecular complexity index is 3420. The van der Waals surface area contributed by atoms with Crippen LogP contribution >= 0.6 is 0 Å². The molecule has 0 atom stereocenters. The molecule has 0 aliphatic carbocycles. The first-order valence-corrected chi connectivity index (χ1v) is 20.2. The fourth-order valence-corrected chi connectivity index (χ4v) is 9.05. The summed E-state index contributed by atoms with van der Waals surface area (Å²) >= 11 is 0. The highest BCUT2D eigenvalue weighted by Crippen LogP contribution is 2.35. The van der Waals surface area contributed by atoms with Crippen LogP contribution in [0.3, 0.4) is 0 Å². The summed E-state index contributed by atoms with van der Waals surface area (Å²) in [6.45, 7) is 12.3. The van der Waals surface area contributed by atoms with Gasteiger partial charge in [-0.3, -0.25) is 30.0 Å². The smallest absolute Gasteiger partial charge is 0.146 e. The van der Waals surface area contributed by atoms with Gasteiger partial charge in [0.15, 0.2) is 0 Å². The van der Waals surface area contributed by atoms with Crippen LogP contribution in [-0.4, -0.2) is 21.6 Å². The van der Waals surface area contributed by atoms with Crippen LogP contribution in [0.15, 0.2) is 176 Å². The van der Waals surface area contributed by atoms with Crippen molar-refractivity contribution in [2.45, 2.75) is 58.5 Å². The fourth-order valence-electron chi connectivity index (χ4n) is 9.05. The first-order valence-electron chi connectivity index (χ1n) is 20.2. The van der Waals surface area contributed by atoms with E-state index in [4.69, 9.17) is 30.0 Å². The van der Waals surface area contributed by atoms with Crippen molar-refractivity contribution in [3.63, 3.8) is 0 Å². The van der Waals surface area contributed by atoms with Gasteiger partial charge in [-0.1, -0.05) is 84.9 Å². The Balaban J connectivity index is 1.13. The Kier molecular flexibility index (Phi) is 7.42. The maximum Gasteiger partial charge on any atom is 0.146 e. The Hall–Kier alpha value is -7.06. The van der Waals surface area contributed by atoms with E-state index in [-0.39, 0.29) is 0 Å². The van der Waals surface area contributed by atoms with E-state index >= 15 is 0 Å². The van der Waals surface area contributed by atoms with Gasteiger partial charge in [0.05, 0.1) is 44.2 Å². The lowest BCUT2D eigenvalue weighted by Crippen LogP contribution is -2.38. The molecule has 4 heterocycles. The molecule has 8 aromatic rings. The van der Waals surface area contributed by atoms with Gasteiger partial charge >= 0.3 is 0 Å². The molecule has 7 aromatic carbocycles. The molecule has 0 fully saturated rings. The molecule has 0 N–H and O–H groups in total. The molecule has 1 aromatic heterocycles. The van der Waals surface area contributed by atoms with Gasteiger partial charge in [-0.05, 0) is 113 Å². The summed E-state index contributed by atoms with van der Waals surface area (Å²) in [5.41, 5.74) is 8.48. The predicted molar refractivity (Wildman–Crippen MR) is 236 cm³/mol. The molecular weight excluding hydrogens is 725 g/mol. The van der Waals surface area contributed by atoms with Crippen molar-refractivity contribution in [1.82, 2.24) is 4.57 Å². The topological polar surface area (TPSA) is 82.3 Å². The van der Waals surface area contributed by atoms with E-state index in [0.717, 1.165) is 77.1 Å². The van der Waals surface area contributed by atoms with Gasteiger partial charge in [0.1, 0.15) is 33.1 Å². The second kappa shape index (κ2) is 12.5. The van der Waals surface area contributed by atoms with E-state index in [0.29, 0.717) is 0 Å². The Morgan fingerprint density at radius 3 is 1.41 bits per heavy atom. The zero-order valence-corrected chi connectivity index (χ0v) is 33.9. The summed E-state index contributed by atoms with van der Waals surface area (Å²) < 4.78 is 2.35. The minimum absolute atomic E-state index is 0.593. The molecule has 0 saturated heterocycles. The second-order valence-electron chi connectivity index (χ2n) is 17.1. The molecular formula is C51H42N8. The van der Waals surface area contributed by atoms with E-state index in [1.165, 1.54) is 21.8 Å². The van der Waals surface area contributed by atoms with Gasteiger partial charge in [-0.15, -0.1) is 0 Å². The van der Waals surface area contributed by atoms with E-state index in [2.05, 4.69) is 171 Å². The van der Waals surface area contributed by atoms with Crippen molar-refractivity contribution < 1.29 is 0 Å². The van der Waals surface area contributed by atoms with Crippen LogP contribution in [0.2, 0.25) is 0 Å². The molecule has 0 radical (unpaired) electrons. The number of para-hydroxylation sites is 3. The van der Waals surface area contributed by atoms with Crippen LogP contribution < -0.4 is 37.0 Å². The van der Waals surface area contributed by atoms with E-state index in [1.54, 1.807) is 0 Å².